The van der Waals surface area contributed by atoms with Gasteiger partial charge in [0.1, 0.15) is 17.4 Å². The van der Waals surface area contributed by atoms with Crippen LogP contribution in [-0.4, -0.2) is 55.8 Å². The third kappa shape index (κ3) is 4.42. The highest BCUT2D eigenvalue weighted by atomic mass is 16.5. The first kappa shape index (κ1) is 21.7. The predicted octanol–water partition coefficient (Wildman–Crippen LogP) is 3.78. The summed E-state index contributed by atoms with van der Waals surface area (Å²) >= 11 is 0. The minimum atomic E-state index is 0.313. The van der Waals surface area contributed by atoms with E-state index >= 15 is 0 Å². The zero-order valence-corrected chi connectivity index (χ0v) is 19.4. The van der Waals surface area contributed by atoms with Crippen molar-refractivity contribution >= 4 is 5.82 Å². The summed E-state index contributed by atoms with van der Waals surface area (Å²) in [4.78, 5) is 14.9. The minimum absolute atomic E-state index is 0.313. The van der Waals surface area contributed by atoms with Crippen LogP contribution in [0.5, 0.6) is 17.2 Å². The standard InChI is InChI=1S/C24H34N4O3/c1-16(2)23-25-19-15-27(11-8-18(19)24(26-23)28-9-6-7-10-28)14-17-12-21(30-4)22(31-5)13-20(17)29-3/h12-13,16H,6-11,14-15H2,1-5H3. The molecule has 3 heterocycles. The van der Waals surface area contributed by atoms with Crippen molar-refractivity contribution in [3.63, 3.8) is 0 Å². The van der Waals surface area contributed by atoms with Crippen LogP contribution in [0.3, 0.4) is 0 Å². The van der Waals surface area contributed by atoms with Gasteiger partial charge in [-0.2, -0.15) is 0 Å². The Hall–Kier alpha value is -2.54. The first-order valence-corrected chi connectivity index (χ1v) is 11.2. The molecule has 2 aliphatic heterocycles. The average molecular weight is 427 g/mol. The third-order valence-corrected chi connectivity index (χ3v) is 6.24. The van der Waals surface area contributed by atoms with E-state index in [0.29, 0.717) is 11.7 Å². The van der Waals surface area contributed by atoms with Crippen molar-refractivity contribution in [1.82, 2.24) is 14.9 Å². The lowest BCUT2D eigenvalue weighted by molar-refractivity contribution is 0.236. The molecule has 168 valence electrons. The molecule has 0 unspecified atom stereocenters. The maximum absolute atomic E-state index is 5.64. The molecule has 1 aromatic heterocycles. The highest BCUT2D eigenvalue weighted by molar-refractivity contribution is 5.52. The van der Waals surface area contributed by atoms with Crippen molar-refractivity contribution in [3.8, 4) is 17.2 Å². The molecule has 0 radical (unpaired) electrons. The van der Waals surface area contributed by atoms with Gasteiger partial charge in [-0.05, 0) is 25.3 Å². The molecule has 0 saturated carbocycles. The quantitative estimate of drug-likeness (QED) is 0.668. The Balaban J connectivity index is 1.62. The summed E-state index contributed by atoms with van der Waals surface area (Å²) in [5.41, 5.74) is 3.59. The number of rotatable bonds is 7. The number of nitrogens with zero attached hydrogens (tertiary/aromatic N) is 4. The molecular formula is C24H34N4O3. The van der Waals surface area contributed by atoms with Gasteiger partial charge in [-0.1, -0.05) is 13.8 Å². The number of fused-ring (bicyclic) bond motifs is 1. The van der Waals surface area contributed by atoms with Crippen molar-refractivity contribution in [3.05, 3.63) is 34.8 Å². The summed E-state index contributed by atoms with van der Waals surface area (Å²) in [5.74, 6) is 4.65. The lowest BCUT2D eigenvalue weighted by Crippen LogP contribution is -2.34. The molecule has 2 aliphatic rings. The Kier molecular flexibility index (Phi) is 6.51. The molecule has 0 bridgehead atoms. The fourth-order valence-electron chi connectivity index (χ4n) is 4.52. The van der Waals surface area contributed by atoms with E-state index in [-0.39, 0.29) is 0 Å². The first-order chi connectivity index (χ1) is 15.0. The summed E-state index contributed by atoms with van der Waals surface area (Å²) in [6.07, 6.45) is 3.47. The number of anilines is 1. The molecule has 1 saturated heterocycles. The molecule has 2 aromatic rings. The summed E-state index contributed by atoms with van der Waals surface area (Å²) in [6.45, 7) is 9.10. The fraction of sp³-hybridized carbons (Fsp3) is 0.583. The Labute approximate surface area is 185 Å². The first-order valence-electron chi connectivity index (χ1n) is 11.2. The van der Waals surface area contributed by atoms with E-state index in [0.717, 1.165) is 62.0 Å². The second-order valence-electron chi connectivity index (χ2n) is 8.66. The predicted molar refractivity (Wildman–Crippen MR) is 121 cm³/mol. The maximum atomic E-state index is 5.64. The summed E-state index contributed by atoms with van der Waals surface area (Å²) < 4.78 is 16.6. The van der Waals surface area contributed by atoms with Crippen molar-refractivity contribution in [2.24, 2.45) is 0 Å². The van der Waals surface area contributed by atoms with Crippen molar-refractivity contribution in [2.45, 2.75) is 52.1 Å². The molecular weight excluding hydrogens is 392 g/mol. The summed E-state index contributed by atoms with van der Waals surface area (Å²) in [7, 11) is 5.00. The number of aromatic nitrogens is 2. The molecule has 1 fully saturated rings. The number of hydrogen-bond acceptors (Lipinski definition) is 7. The normalized spacial score (nSPS) is 16.5. The number of ether oxygens (including phenoxy) is 3. The lowest BCUT2D eigenvalue weighted by atomic mass is 10.0. The Morgan fingerprint density at radius 3 is 2.23 bits per heavy atom. The minimum Gasteiger partial charge on any atom is -0.496 e. The molecule has 7 nitrogen and oxygen atoms in total. The van der Waals surface area contributed by atoms with Crippen LogP contribution in [0, 0.1) is 0 Å². The molecule has 0 amide bonds. The van der Waals surface area contributed by atoms with Gasteiger partial charge in [0.05, 0.1) is 27.0 Å². The Morgan fingerprint density at radius 2 is 1.58 bits per heavy atom. The van der Waals surface area contributed by atoms with Crippen LogP contribution in [0.4, 0.5) is 5.82 Å². The second kappa shape index (κ2) is 9.30. The SMILES string of the molecule is COc1cc(OC)c(OC)cc1CN1CCc2c(nc(C(C)C)nc2N2CCCC2)C1. The van der Waals surface area contributed by atoms with E-state index in [1.165, 1.54) is 29.9 Å². The van der Waals surface area contributed by atoms with E-state index in [2.05, 4.69) is 23.6 Å². The van der Waals surface area contributed by atoms with Crippen molar-refractivity contribution in [1.29, 1.82) is 0 Å². The molecule has 31 heavy (non-hydrogen) atoms. The van der Waals surface area contributed by atoms with Crippen molar-refractivity contribution in [2.75, 3.05) is 45.9 Å². The lowest BCUT2D eigenvalue weighted by Gasteiger charge is -2.32. The average Bonchev–Trinajstić information content (AvgIpc) is 3.32. The van der Waals surface area contributed by atoms with E-state index in [4.69, 9.17) is 24.2 Å². The van der Waals surface area contributed by atoms with E-state index < -0.39 is 0 Å². The van der Waals surface area contributed by atoms with E-state index in [1.54, 1.807) is 21.3 Å². The monoisotopic (exact) mass is 426 g/mol. The molecule has 0 aliphatic carbocycles. The van der Waals surface area contributed by atoms with Crippen LogP contribution in [0.15, 0.2) is 12.1 Å². The van der Waals surface area contributed by atoms with Gasteiger partial charge in [-0.15, -0.1) is 0 Å². The van der Waals surface area contributed by atoms with Crippen LogP contribution >= 0.6 is 0 Å². The highest BCUT2D eigenvalue weighted by Crippen LogP contribution is 2.36. The van der Waals surface area contributed by atoms with Gasteiger partial charge >= 0.3 is 0 Å². The maximum Gasteiger partial charge on any atom is 0.164 e. The largest absolute Gasteiger partial charge is 0.496 e. The van der Waals surface area contributed by atoms with Crippen LogP contribution in [0.1, 0.15) is 55.3 Å². The van der Waals surface area contributed by atoms with Gasteiger partial charge in [0, 0.05) is 55.8 Å². The number of methoxy groups -OCH3 is 3. The topological polar surface area (TPSA) is 60.0 Å². The summed E-state index contributed by atoms with van der Waals surface area (Å²) in [6, 6.07) is 3.92. The molecule has 1 aromatic carbocycles. The smallest absolute Gasteiger partial charge is 0.164 e. The van der Waals surface area contributed by atoms with Gasteiger partial charge < -0.3 is 19.1 Å². The third-order valence-electron chi connectivity index (χ3n) is 6.24. The number of hydrogen-bond donors (Lipinski definition) is 0. The fourth-order valence-corrected chi connectivity index (χ4v) is 4.52. The zero-order chi connectivity index (χ0) is 22.0. The van der Waals surface area contributed by atoms with Crippen LogP contribution < -0.4 is 19.1 Å². The van der Waals surface area contributed by atoms with Gasteiger partial charge in [0.25, 0.3) is 0 Å². The molecule has 0 atom stereocenters. The highest BCUT2D eigenvalue weighted by Gasteiger charge is 2.27. The second-order valence-corrected chi connectivity index (χ2v) is 8.66. The molecule has 0 spiro atoms. The Bertz CT molecular complexity index is 926. The van der Waals surface area contributed by atoms with Gasteiger partial charge in [0.15, 0.2) is 11.5 Å². The van der Waals surface area contributed by atoms with E-state index in [1.807, 2.05) is 12.1 Å². The van der Waals surface area contributed by atoms with Crippen LogP contribution in [0.2, 0.25) is 0 Å². The van der Waals surface area contributed by atoms with Crippen molar-refractivity contribution < 1.29 is 14.2 Å². The van der Waals surface area contributed by atoms with Crippen LogP contribution in [0.25, 0.3) is 0 Å². The van der Waals surface area contributed by atoms with Gasteiger partial charge in [-0.25, -0.2) is 9.97 Å². The van der Waals surface area contributed by atoms with Gasteiger partial charge in [-0.3, -0.25) is 4.90 Å². The Morgan fingerprint density at radius 1 is 0.903 bits per heavy atom. The summed E-state index contributed by atoms with van der Waals surface area (Å²) in [5, 5.41) is 0. The van der Waals surface area contributed by atoms with E-state index in [9.17, 15) is 0 Å². The molecule has 7 heteroatoms. The number of benzene rings is 1. The van der Waals surface area contributed by atoms with Crippen LogP contribution in [-0.2, 0) is 19.5 Å². The van der Waals surface area contributed by atoms with Gasteiger partial charge in [0.2, 0.25) is 0 Å². The zero-order valence-electron chi connectivity index (χ0n) is 19.4. The molecule has 4 rings (SSSR count). The molecule has 0 N–H and O–H groups in total.